The van der Waals surface area contributed by atoms with Gasteiger partial charge in [0.15, 0.2) is 0 Å². The van der Waals surface area contributed by atoms with E-state index < -0.39 is 17.6 Å². The van der Waals surface area contributed by atoms with Gasteiger partial charge in [0.25, 0.3) is 5.91 Å². The molecule has 0 aliphatic carbocycles. The molecule has 0 unspecified atom stereocenters. The highest BCUT2D eigenvalue weighted by Gasteiger charge is 2.33. The van der Waals surface area contributed by atoms with Crippen LogP contribution in [-0.4, -0.2) is 36.3 Å². The molecule has 9 heteroatoms. The van der Waals surface area contributed by atoms with E-state index >= 15 is 0 Å². The highest BCUT2D eigenvalue weighted by molar-refractivity contribution is 5.97. The molecule has 2 N–H and O–H groups in total. The lowest BCUT2D eigenvalue weighted by molar-refractivity contribution is -0.137. The molecule has 1 heterocycles. The number of anilines is 1. The van der Waals surface area contributed by atoms with Crippen LogP contribution in [0.15, 0.2) is 36.0 Å². The second-order valence-electron chi connectivity index (χ2n) is 5.95. The first-order valence-electron chi connectivity index (χ1n) is 8.42. The second-order valence-corrected chi connectivity index (χ2v) is 5.95. The third kappa shape index (κ3) is 5.74. The lowest BCUT2D eigenvalue weighted by atomic mass is 10.1. The van der Waals surface area contributed by atoms with Gasteiger partial charge in [0.1, 0.15) is 11.6 Å². The van der Waals surface area contributed by atoms with Crippen molar-refractivity contribution >= 4 is 17.5 Å². The topological polar surface area (TPSA) is 85.2 Å². The predicted molar refractivity (Wildman–Crippen MR) is 92.2 cm³/mol. The maximum absolute atomic E-state index is 12.9. The molecular formula is C18H19F3N4O2. The van der Waals surface area contributed by atoms with Crippen molar-refractivity contribution in [3.8, 4) is 6.07 Å². The molecule has 1 aromatic rings. The van der Waals surface area contributed by atoms with Crippen LogP contribution in [-0.2, 0) is 15.8 Å². The zero-order valence-electron chi connectivity index (χ0n) is 14.5. The van der Waals surface area contributed by atoms with E-state index in [4.69, 9.17) is 5.26 Å². The molecule has 0 atom stereocenters. The predicted octanol–water partition coefficient (Wildman–Crippen LogP) is 2.65. The number of nitriles is 1. The van der Waals surface area contributed by atoms with Gasteiger partial charge < -0.3 is 15.5 Å². The number of rotatable bonds is 7. The maximum atomic E-state index is 12.9. The lowest BCUT2D eigenvalue weighted by Gasteiger charge is -2.15. The molecule has 0 bridgehead atoms. The zero-order valence-corrected chi connectivity index (χ0v) is 14.5. The van der Waals surface area contributed by atoms with Crippen molar-refractivity contribution in [2.24, 2.45) is 0 Å². The highest BCUT2D eigenvalue weighted by Crippen LogP contribution is 2.34. The molecule has 1 fully saturated rings. The maximum Gasteiger partial charge on any atom is 0.418 e. The summed E-state index contributed by atoms with van der Waals surface area (Å²) in [6, 6.07) is 6.44. The Kier molecular flexibility index (Phi) is 6.82. The molecule has 2 amide bonds. The van der Waals surface area contributed by atoms with Crippen LogP contribution in [0.25, 0.3) is 0 Å². The summed E-state index contributed by atoms with van der Waals surface area (Å²) in [4.78, 5) is 25.2. The summed E-state index contributed by atoms with van der Waals surface area (Å²) in [5, 5.41) is 14.0. The Labute approximate surface area is 154 Å². The summed E-state index contributed by atoms with van der Waals surface area (Å²) in [5.41, 5.74) is -1.49. The van der Waals surface area contributed by atoms with E-state index in [1.807, 2.05) is 0 Å². The van der Waals surface area contributed by atoms with Crippen molar-refractivity contribution in [3.05, 3.63) is 41.6 Å². The van der Waals surface area contributed by atoms with E-state index in [1.165, 1.54) is 18.2 Å². The molecule has 1 aliphatic rings. The van der Waals surface area contributed by atoms with E-state index in [9.17, 15) is 22.8 Å². The van der Waals surface area contributed by atoms with Crippen molar-refractivity contribution < 1.29 is 22.8 Å². The normalized spacial score (nSPS) is 14.8. The minimum atomic E-state index is -4.56. The summed E-state index contributed by atoms with van der Waals surface area (Å²) >= 11 is 0. The standard InChI is InChI=1S/C18H19F3N4O2/c19-18(20,21)14-5-1-2-6-15(14)24-12-13(11-22)17(27)23-8-4-10-25-9-3-7-16(25)26/h1-2,5-6,12,24H,3-4,7-10H2,(H,23,27)/b13-12-. The number of nitrogens with one attached hydrogen (secondary N) is 2. The summed E-state index contributed by atoms with van der Waals surface area (Å²) < 4.78 is 38.8. The first-order valence-corrected chi connectivity index (χ1v) is 8.42. The van der Waals surface area contributed by atoms with E-state index in [2.05, 4.69) is 10.6 Å². The van der Waals surface area contributed by atoms with Gasteiger partial charge in [-0.15, -0.1) is 0 Å². The van der Waals surface area contributed by atoms with Crippen LogP contribution < -0.4 is 10.6 Å². The lowest BCUT2D eigenvalue weighted by Crippen LogP contribution is -2.31. The van der Waals surface area contributed by atoms with Crippen LogP contribution in [0, 0.1) is 11.3 Å². The third-order valence-electron chi connectivity index (χ3n) is 4.03. The van der Waals surface area contributed by atoms with Gasteiger partial charge in [-0.2, -0.15) is 18.4 Å². The fourth-order valence-corrected chi connectivity index (χ4v) is 2.66. The first-order chi connectivity index (χ1) is 12.8. The molecule has 27 heavy (non-hydrogen) atoms. The number of para-hydroxylation sites is 1. The third-order valence-corrected chi connectivity index (χ3v) is 4.03. The van der Waals surface area contributed by atoms with E-state index in [-0.39, 0.29) is 23.7 Å². The minimum absolute atomic E-state index is 0.0893. The van der Waals surface area contributed by atoms with Crippen LogP contribution in [0.1, 0.15) is 24.8 Å². The number of alkyl halides is 3. The van der Waals surface area contributed by atoms with Gasteiger partial charge in [-0.05, 0) is 25.0 Å². The van der Waals surface area contributed by atoms with Gasteiger partial charge in [-0.3, -0.25) is 9.59 Å². The van der Waals surface area contributed by atoms with Crippen molar-refractivity contribution in [2.45, 2.75) is 25.4 Å². The number of benzene rings is 1. The number of likely N-dealkylation sites (tertiary alicyclic amines) is 1. The minimum Gasteiger partial charge on any atom is -0.360 e. The van der Waals surface area contributed by atoms with Crippen molar-refractivity contribution in [2.75, 3.05) is 25.0 Å². The fraction of sp³-hybridized carbons (Fsp3) is 0.389. The molecular weight excluding hydrogens is 361 g/mol. The largest absolute Gasteiger partial charge is 0.418 e. The number of hydrogen-bond acceptors (Lipinski definition) is 4. The number of hydrogen-bond donors (Lipinski definition) is 2. The van der Waals surface area contributed by atoms with Crippen molar-refractivity contribution in [3.63, 3.8) is 0 Å². The molecule has 1 aliphatic heterocycles. The molecule has 2 rings (SSSR count). The second kappa shape index (κ2) is 9.07. The van der Waals surface area contributed by atoms with Crippen molar-refractivity contribution in [1.82, 2.24) is 10.2 Å². The number of halogens is 3. The molecule has 144 valence electrons. The molecule has 1 aromatic carbocycles. The molecule has 6 nitrogen and oxygen atoms in total. The van der Waals surface area contributed by atoms with Gasteiger partial charge in [-0.25, -0.2) is 0 Å². The number of carbonyl (C=O) groups excluding carboxylic acids is 2. The monoisotopic (exact) mass is 380 g/mol. The van der Waals surface area contributed by atoms with Gasteiger partial charge in [0, 0.05) is 32.3 Å². The average Bonchev–Trinajstić information content (AvgIpc) is 3.03. The highest BCUT2D eigenvalue weighted by atomic mass is 19.4. The van der Waals surface area contributed by atoms with Crippen LogP contribution in [0.5, 0.6) is 0 Å². The average molecular weight is 380 g/mol. The SMILES string of the molecule is N#C/C(=C/Nc1ccccc1C(F)(F)F)C(=O)NCCCN1CCCC1=O. The van der Waals surface area contributed by atoms with Crippen molar-refractivity contribution in [1.29, 1.82) is 5.26 Å². The van der Waals surface area contributed by atoms with E-state index in [1.54, 1.807) is 11.0 Å². The summed E-state index contributed by atoms with van der Waals surface area (Å²) in [7, 11) is 0. The van der Waals surface area contributed by atoms with E-state index in [0.29, 0.717) is 25.9 Å². The summed E-state index contributed by atoms with van der Waals surface area (Å²) in [6.07, 6.45) is -1.71. The molecule has 0 spiro atoms. The Hall–Kier alpha value is -3.02. The van der Waals surface area contributed by atoms with Crippen LogP contribution in [0.2, 0.25) is 0 Å². The first kappa shape index (κ1) is 20.3. The Morgan fingerprint density at radius 2 is 2.07 bits per heavy atom. The summed E-state index contributed by atoms with van der Waals surface area (Å²) in [6.45, 7) is 1.47. The Bertz CT molecular complexity index is 769. The van der Waals surface area contributed by atoms with E-state index in [0.717, 1.165) is 18.7 Å². The quantitative estimate of drug-likeness (QED) is 0.433. The number of nitrogens with zero attached hydrogens (tertiary/aromatic N) is 2. The van der Waals surface area contributed by atoms with Gasteiger partial charge in [0.2, 0.25) is 5.91 Å². The van der Waals surface area contributed by atoms with Crippen LogP contribution >= 0.6 is 0 Å². The van der Waals surface area contributed by atoms with Gasteiger partial charge in [0.05, 0.1) is 11.3 Å². The summed E-state index contributed by atoms with van der Waals surface area (Å²) in [5.74, 6) is -0.603. The molecule has 1 saturated heterocycles. The van der Waals surface area contributed by atoms with Gasteiger partial charge >= 0.3 is 6.18 Å². The number of amides is 2. The molecule has 0 radical (unpaired) electrons. The Morgan fingerprint density at radius 1 is 1.33 bits per heavy atom. The van der Waals surface area contributed by atoms with Gasteiger partial charge in [-0.1, -0.05) is 12.1 Å². The molecule has 0 aromatic heterocycles. The Morgan fingerprint density at radius 3 is 2.70 bits per heavy atom. The number of carbonyl (C=O) groups is 2. The fourth-order valence-electron chi connectivity index (χ4n) is 2.66. The van der Waals surface area contributed by atoms with Crippen LogP contribution in [0.4, 0.5) is 18.9 Å². The van der Waals surface area contributed by atoms with Crippen LogP contribution in [0.3, 0.4) is 0 Å². The molecule has 0 saturated carbocycles. The smallest absolute Gasteiger partial charge is 0.360 e. The zero-order chi connectivity index (χ0) is 19.9. The Balaban J connectivity index is 1.89.